The first-order chi connectivity index (χ1) is 20.1. The number of ether oxygens (including phenoxy) is 2. The molecular weight excluding hydrogens is 580 g/mol. The van der Waals surface area contributed by atoms with Crippen molar-refractivity contribution in [1.82, 2.24) is 4.57 Å². The van der Waals surface area contributed by atoms with Gasteiger partial charge in [0.25, 0.3) is 5.56 Å². The number of carbonyl (C=O) groups is 2. The highest BCUT2D eigenvalue weighted by molar-refractivity contribution is 7.07. The highest BCUT2D eigenvalue weighted by Crippen LogP contribution is 2.33. The van der Waals surface area contributed by atoms with Crippen molar-refractivity contribution in [2.75, 3.05) is 6.61 Å². The number of allylic oxidation sites excluding steroid dienone is 1. The van der Waals surface area contributed by atoms with Crippen molar-refractivity contribution in [3.8, 4) is 17.1 Å². The van der Waals surface area contributed by atoms with Gasteiger partial charge >= 0.3 is 11.9 Å². The second-order valence-corrected chi connectivity index (χ2v) is 11.2. The molecule has 0 radical (unpaired) electrons. The molecule has 1 atom stereocenters. The summed E-state index contributed by atoms with van der Waals surface area (Å²) in [7, 11) is 0. The van der Waals surface area contributed by atoms with E-state index in [2.05, 4.69) is 4.99 Å². The molecule has 9 nitrogen and oxygen atoms in total. The van der Waals surface area contributed by atoms with Gasteiger partial charge in [-0.25, -0.2) is 14.6 Å². The Morgan fingerprint density at radius 1 is 1.17 bits per heavy atom. The molecule has 0 saturated heterocycles. The second kappa shape index (κ2) is 11.8. The van der Waals surface area contributed by atoms with Crippen LogP contribution in [0.2, 0.25) is 5.02 Å². The predicted octanol–water partition coefficient (Wildman–Crippen LogP) is 5.20. The molecule has 1 aliphatic heterocycles. The van der Waals surface area contributed by atoms with Crippen LogP contribution in [0.1, 0.15) is 55.4 Å². The van der Waals surface area contributed by atoms with Crippen molar-refractivity contribution in [3.05, 3.63) is 107 Å². The number of rotatable bonds is 8. The average molecular weight is 607 g/mol. The van der Waals surface area contributed by atoms with E-state index >= 15 is 0 Å². The molecule has 1 N–H and O–H groups in total. The van der Waals surface area contributed by atoms with Crippen LogP contribution in [0.5, 0.6) is 5.75 Å². The summed E-state index contributed by atoms with van der Waals surface area (Å²) in [6.45, 7) is 7.64. The van der Waals surface area contributed by atoms with Gasteiger partial charge in [0.1, 0.15) is 17.3 Å². The van der Waals surface area contributed by atoms with Crippen molar-refractivity contribution < 1.29 is 28.6 Å². The fourth-order valence-corrected chi connectivity index (χ4v) is 5.88. The van der Waals surface area contributed by atoms with Crippen LogP contribution >= 0.6 is 22.9 Å². The first-order valence-corrected chi connectivity index (χ1v) is 14.4. The molecule has 0 fully saturated rings. The summed E-state index contributed by atoms with van der Waals surface area (Å²) >= 11 is 7.47. The fourth-order valence-electron chi connectivity index (χ4n) is 4.64. The lowest BCUT2D eigenvalue weighted by atomic mass is 9.96. The number of furan rings is 1. The average Bonchev–Trinajstić information content (AvgIpc) is 3.52. The van der Waals surface area contributed by atoms with E-state index in [1.54, 1.807) is 51.1 Å². The van der Waals surface area contributed by atoms with Gasteiger partial charge in [0.2, 0.25) is 0 Å². The van der Waals surface area contributed by atoms with Crippen molar-refractivity contribution >= 4 is 41.0 Å². The molecule has 2 aromatic heterocycles. The second-order valence-electron chi connectivity index (χ2n) is 9.74. The lowest BCUT2D eigenvalue weighted by molar-refractivity contribution is -0.143. The third-order valence-corrected chi connectivity index (χ3v) is 7.78. The number of benzene rings is 2. The Kier molecular flexibility index (Phi) is 8.20. The summed E-state index contributed by atoms with van der Waals surface area (Å²) in [5.41, 5.74) is 1.56. The predicted molar refractivity (Wildman–Crippen MR) is 159 cm³/mol. The van der Waals surface area contributed by atoms with Crippen LogP contribution in [0.15, 0.2) is 80.1 Å². The van der Waals surface area contributed by atoms with Gasteiger partial charge in [0, 0.05) is 11.6 Å². The van der Waals surface area contributed by atoms with Crippen LogP contribution in [0.25, 0.3) is 17.4 Å². The van der Waals surface area contributed by atoms with Crippen molar-refractivity contribution in [3.63, 3.8) is 0 Å². The first kappa shape index (κ1) is 29.1. The third kappa shape index (κ3) is 5.68. The summed E-state index contributed by atoms with van der Waals surface area (Å²) in [6, 6.07) is 14.1. The van der Waals surface area contributed by atoms with Gasteiger partial charge in [-0.15, -0.1) is 0 Å². The molecule has 42 heavy (non-hydrogen) atoms. The minimum Gasteiger partial charge on any atom is -0.494 e. The van der Waals surface area contributed by atoms with E-state index in [0.29, 0.717) is 55.1 Å². The van der Waals surface area contributed by atoms with E-state index in [-0.39, 0.29) is 22.8 Å². The van der Waals surface area contributed by atoms with Gasteiger partial charge in [-0.05, 0) is 75.7 Å². The molecular formula is C31H27ClN2O7S. The Morgan fingerprint density at radius 3 is 2.57 bits per heavy atom. The van der Waals surface area contributed by atoms with Crippen LogP contribution in [-0.2, 0) is 9.53 Å². The number of thiazole rings is 1. The maximum absolute atomic E-state index is 13.9. The topological polar surface area (TPSA) is 120 Å². The molecule has 4 aromatic rings. The minimum atomic E-state index is -1.09. The van der Waals surface area contributed by atoms with Crippen molar-refractivity contribution in [1.29, 1.82) is 0 Å². The Hall–Kier alpha value is -4.41. The Labute approximate surface area is 249 Å². The number of nitrogens with zero attached hydrogens (tertiary/aromatic N) is 2. The van der Waals surface area contributed by atoms with E-state index < -0.39 is 18.0 Å². The smallest absolute Gasteiger partial charge is 0.338 e. The molecule has 0 bridgehead atoms. The van der Waals surface area contributed by atoms with Gasteiger partial charge in [-0.3, -0.25) is 9.36 Å². The molecule has 1 aliphatic rings. The molecule has 2 aromatic carbocycles. The molecule has 0 unspecified atom stereocenters. The lowest BCUT2D eigenvalue weighted by Crippen LogP contribution is -2.40. The quantitative estimate of drug-likeness (QED) is 0.274. The summed E-state index contributed by atoms with van der Waals surface area (Å²) in [5, 5.41) is 9.68. The van der Waals surface area contributed by atoms with Crippen LogP contribution in [0.3, 0.4) is 0 Å². The molecule has 0 spiro atoms. The van der Waals surface area contributed by atoms with Gasteiger partial charge in [0.05, 0.1) is 45.1 Å². The Bertz CT molecular complexity index is 1900. The standard InChI is InChI=1S/C31H27ClN2O7S/c1-5-39-20-9-6-18(7-10-20)27-26(30(38)40-16(2)3)17(4)33-31-34(27)28(35)25(42-31)15-21-11-13-24(41-21)22-14-19(29(36)37)8-12-23(22)32/h6-16,27H,5H2,1-4H3,(H,36,37)/b25-15+/t27-/m0/s1. The van der Waals surface area contributed by atoms with Crippen LogP contribution < -0.4 is 19.6 Å². The van der Waals surface area contributed by atoms with Gasteiger partial charge < -0.3 is 19.0 Å². The number of hydrogen-bond acceptors (Lipinski definition) is 8. The zero-order valence-electron chi connectivity index (χ0n) is 23.2. The number of halogens is 1. The lowest BCUT2D eigenvalue weighted by Gasteiger charge is -2.25. The minimum absolute atomic E-state index is 0.0668. The summed E-state index contributed by atoms with van der Waals surface area (Å²) in [6.07, 6.45) is 1.23. The van der Waals surface area contributed by atoms with Crippen molar-refractivity contribution in [2.24, 2.45) is 4.99 Å². The number of aromatic carboxylic acids is 1. The third-order valence-electron chi connectivity index (χ3n) is 6.47. The van der Waals surface area contributed by atoms with Crippen LogP contribution in [-0.4, -0.2) is 34.3 Å². The monoisotopic (exact) mass is 606 g/mol. The highest BCUT2D eigenvalue weighted by atomic mass is 35.5. The molecule has 0 saturated carbocycles. The number of esters is 1. The highest BCUT2D eigenvalue weighted by Gasteiger charge is 2.34. The van der Waals surface area contributed by atoms with E-state index in [4.69, 9.17) is 25.5 Å². The van der Waals surface area contributed by atoms with Crippen LogP contribution in [0.4, 0.5) is 0 Å². The van der Waals surface area contributed by atoms with Gasteiger partial charge in [0.15, 0.2) is 4.80 Å². The van der Waals surface area contributed by atoms with Gasteiger partial charge in [-0.1, -0.05) is 35.1 Å². The maximum Gasteiger partial charge on any atom is 0.338 e. The fraction of sp³-hybridized carbons (Fsp3) is 0.226. The zero-order valence-corrected chi connectivity index (χ0v) is 24.8. The molecule has 3 heterocycles. The molecule has 216 valence electrons. The van der Waals surface area contributed by atoms with E-state index in [0.717, 1.165) is 0 Å². The Balaban J connectivity index is 1.61. The van der Waals surface area contributed by atoms with E-state index in [9.17, 15) is 19.5 Å². The van der Waals surface area contributed by atoms with Crippen LogP contribution in [0, 0.1) is 0 Å². The number of aromatic nitrogens is 1. The largest absolute Gasteiger partial charge is 0.494 e. The molecule has 0 aliphatic carbocycles. The number of fused-ring (bicyclic) bond motifs is 1. The zero-order chi connectivity index (χ0) is 30.1. The maximum atomic E-state index is 13.9. The number of hydrogen-bond donors (Lipinski definition) is 1. The van der Waals surface area contributed by atoms with Gasteiger partial charge in [-0.2, -0.15) is 0 Å². The number of carbonyl (C=O) groups excluding carboxylic acids is 1. The molecule has 0 amide bonds. The number of carboxylic acids is 1. The first-order valence-electron chi connectivity index (χ1n) is 13.2. The number of carboxylic acid groups (broad SMARTS) is 1. The SMILES string of the molecule is CCOc1ccc([C@H]2C(C(=O)OC(C)C)=C(C)N=c3s/c(=C/c4ccc(-c5cc(C(=O)O)ccc5Cl)o4)c(=O)n32)cc1. The summed E-state index contributed by atoms with van der Waals surface area (Å²) < 4.78 is 18.9. The molecule has 5 rings (SSSR count). The summed E-state index contributed by atoms with van der Waals surface area (Å²) in [4.78, 5) is 43.6. The summed E-state index contributed by atoms with van der Waals surface area (Å²) in [5.74, 6) is -0.252. The molecule has 11 heteroatoms. The van der Waals surface area contributed by atoms with E-state index in [1.165, 1.54) is 34.1 Å². The normalized spacial score (nSPS) is 15.0. The van der Waals surface area contributed by atoms with Crippen molar-refractivity contribution in [2.45, 2.75) is 39.8 Å². The Morgan fingerprint density at radius 2 is 1.90 bits per heavy atom. The van der Waals surface area contributed by atoms with E-state index in [1.807, 2.05) is 19.1 Å².